The van der Waals surface area contributed by atoms with Crippen molar-refractivity contribution in [2.75, 3.05) is 13.6 Å². The molecule has 0 spiro atoms. The molecule has 8 heteroatoms. The number of pyridine rings is 1. The minimum atomic E-state index is -0.955. The van der Waals surface area contributed by atoms with E-state index in [1.807, 2.05) is 18.5 Å². The highest BCUT2D eigenvalue weighted by Crippen LogP contribution is 2.39. The van der Waals surface area contributed by atoms with Crippen LogP contribution >= 0.6 is 0 Å². The molecule has 2 N–H and O–H groups in total. The molecule has 1 aliphatic rings. The molecule has 186 valence electrons. The monoisotopic (exact) mass is 477 g/mol. The molecular formula is C27H35N5O3. The topological polar surface area (TPSA) is 103 Å². The van der Waals surface area contributed by atoms with E-state index >= 15 is 0 Å². The summed E-state index contributed by atoms with van der Waals surface area (Å²) in [6.07, 6.45) is 8.02. The summed E-state index contributed by atoms with van der Waals surface area (Å²) in [5.74, 6) is 3.05. The molecule has 1 aromatic carbocycles. The first-order valence-electron chi connectivity index (χ1n) is 12.2. The Labute approximate surface area is 206 Å². The molecule has 4 unspecified atom stereocenters. The van der Waals surface area contributed by atoms with Gasteiger partial charge in [0.1, 0.15) is 0 Å². The third kappa shape index (κ3) is 6.41. The van der Waals surface area contributed by atoms with Gasteiger partial charge in [-0.25, -0.2) is 5.21 Å². The number of quaternary nitrogens is 1. The lowest BCUT2D eigenvalue weighted by Gasteiger charge is -2.38. The highest BCUT2D eigenvalue weighted by molar-refractivity contribution is 5.55. The summed E-state index contributed by atoms with van der Waals surface area (Å²) in [5, 5.41) is 27.7. The van der Waals surface area contributed by atoms with E-state index in [0.717, 1.165) is 25.1 Å². The molecule has 0 saturated carbocycles. The first-order chi connectivity index (χ1) is 16.8. The normalized spacial score (nSPS) is 21.4. The van der Waals surface area contributed by atoms with E-state index in [1.165, 1.54) is 11.1 Å². The Morgan fingerprint density at radius 3 is 2.63 bits per heavy atom. The first-order valence-corrected chi connectivity index (χ1v) is 12.2. The van der Waals surface area contributed by atoms with Crippen LogP contribution in [0.2, 0.25) is 0 Å². The maximum atomic E-state index is 11.1. The van der Waals surface area contributed by atoms with E-state index in [2.05, 4.69) is 60.0 Å². The van der Waals surface area contributed by atoms with Crippen LogP contribution in [0.25, 0.3) is 11.5 Å². The smallest absolute Gasteiger partial charge is 0.247 e. The van der Waals surface area contributed by atoms with Gasteiger partial charge in [0, 0.05) is 49.6 Å². The number of aromatic nitrogens is 3. The number of hydrogen-bond acceptors (Lipinski definition) is 7. The SMILES string of the molecule is CC1=CC(CN(C)Cc2cccnc2)C(C(C)C)CC1Cc1nnc(-c2ccc([NH+]([O-])O)cc2)o1. The summed E-state index contributed by atoms with van der Waals surface area (Å²) >= 11 is 0. The summed E-state index contributed by atoms with van der Waals surface area (Å²) < 4.78 is 5.96. The molecular weight excluding hydrogens is 442 g/mol. The van der Waals surface area contributed by atoms with Crippen molar-refractivity contribution >= 4 is 5.69 Å². The van der Waals surface area contributed by atoms with Crippen molar-refractivity contribution in [2.24, 2.45) is 23.7 Å². The van der Waals surface area contributed by atoms with Crippen molar-refractivity contribution in [3.8, 4) is 11.5 Å². The fraction of sp³-hybridized carbons (Fsp3) is 0.444. The zero-order chi connectivity index (χ0) is 24.9. The highest BCUT2D eigenvalue weighted by atomic mass is 16.8. The summed E-state index contributed by atoms with van der Waals surface area (Å²) in [6, 6.07) is 10.6. The Morgan fingerprint density at radius 2 is 1.97 bits per heavy atom. The molecule has 4 atom stereocenters. The predicted octanol–water partition coefficient (Wildman–Crippen LogP) is 4.06. The van der Waals surface area contributed by atoms with Gasteiger partial charge in [0.2, 0.25) is 11.8 Å². The molecule has 0 saturated heterocycles. The summed E-state index contributed by atoms with van der Waals surface area (Å²) in [5.41, 5.74) is 3.57. The van der Waals surface area contributed by atoms with Crippen molar-refractivity contribution < 1.29 is 14.9 Å². The lowest BCUT2D eigenvalue weighted by Crippen LogP contribution is -2.99. The third-order valence-corrected chi connectivity index (χ3v) is 7.05. The van der Waals surface area contributed by atoms with Crippen molar-refractivity contribution in [1.29, 1.82) is 0 Å². The first kappa shape index (κ1) is 25.2. The Hall–Kier alpha value is -2.91. The van der Waals surface area contributed by atoms with Gasteiger partial charge in [0.25, 0.3) is 0 Å². The van der Waals surface area contributed by atoms with Gasteiger partial charge < -0.3 is 14.5 Å². The fourth-order valence-corrected chi connectivity index (χ4v) is 5.13. The quantitative estimate of drug-likeness (QED) is 0.354. The van der Waals surface area contributed by atoms with Gasteiger partial charge in [-0.05, 0) is 67.8 Å². The van der Waals surface area contributed by atoms with Gasteiger partial charge in [-0.3, -0.25) is 4.98 Å². The minimum absolute atomic E-state index is 0.233. The van der Waals surface area contributed by atoms with Crippen molar-refractivity contribution in [1.82, 2.24) is 20.1 Å². The van der Waals surface area contributed by atoms with Gasteiger partial charge in [0.15, 0.2) is 5.69 Å². The fourth-order valence-electron chi connectivity index (χ4n) is 5.13. The van der Waals surface area contributed by atoms with Crippen LogP contribution in [0.5, 0.6) is 0 Å². The third-order valence-electron chi connectivity index (χ3n) is 7.05. The Bertz CT molecular complexity index is 1110. The van der Waals surface area contributed by atoms with Gasteiger partial charge >= 0.3 is 0 Å². The minimum Gasteiger partial charge on any atom is -0.595 e. The lowest BCUT2D eigenvalue weighted by molar-refractivity contribution is -0.991. The second-order valence-electron chi connectivity index (χ2n) is 10.1. The number of benzene rings is 1. The Balaban J connectivity index is 1.43. The zero-order valence-corrected chi connectivity index (χ0v) is 20.9. The molecule has 2 heterocycles. The Kier molecular flexibility index (Phi) is 8.07. The molecule has 4 rings (SSSR count). The molecule has 0 radical (unpaired) electrons. The van der Waals surface area contributed by atoms with Crippen LogP contribution in [0.4, 0.5) is 5.69 Å². The van der Waals surface area contributed by atoms with Crippen molar-refractivity contribution in [3.05, 3.63) is 77.1 Å². The van der Waals surface area contributed by atoms with Crippen LogP contribution in [0.3, 0.4) is 0 Å². The largest absolute Gasteiger partial charge is 0.595 e. The number of nitrogens with zero attached hydrogens (tertiary/aromatic N) is 4. The summed E-state index contributed by atoms with van der Waals surface area (Å²) in [6.45, 7) is 8.76. The second-order valence-corrected chi connectivity index (χ2v) is 10.1. The van der Waals surface area contributed by atoms with Crippen LogP contribution in [-0.4, -0.2) is 38.9 Å². The van der Waals surface area contributed by atoms with Crippen LogP contribution in [-0.2, 0) is 13.0 Å². The maximum absolute atomic E-state index is 11.1. The van der Waals surface area contributed by atoms with E-state index in [9.17, 15) is 5.21 Å². The van der Waals surface area contributed by atoms with E-state index in [0.29, 0.717) is 41.9 Å². The second kappa shape index (κ2) is 11.2. The van der Waals surface area contributed by atoms with Gasteiger partial charge in [-0.15, -0.1) is 10.2 Å². The molecule has 0 aliphatic heterocycles. The van der Waals surface area contributed by atoms with E-state index in [1.54, 1.807) is 24.3 Å². The van der Waals surface area contributed by atoms with Gasteiger partial charge in [-0.1, -0.05) is 31.6 Å². The van der Waals surface area contributed by atoms with Crippen LogP contribution in [0.15, 0.2) is 64.9 Å². The molecule has 3 aromatic rings. The van der Waals surface area contributed by atoms with E-state index in [-0.39, 0.29) is 5.69 Å². The van der Waals surface area contributed by atoms with E-state index in [4.69, 9.17) is 9.62 Å². The molecule has 8 nitrogen and oxygen atoms in total. The standard InChI is InChI=1S/C27H35N5O3/c1-18(2)25-13-22(19(3)12-23(25)17-31(4)16-20-6-5-11-28-15-20)14-26-29-30-27(35-26)21-7-9-24(10-8-21)32(33)34/h5-12,15,18,22-23,25,32-33H,13-14,16-17H2,1-4H3. The molecule has 0 amide bonds. The maximum Gasteiger partial charge on any atom is 0.247 e. The van der Waals surface area contributed by atoms with Crippen LogP contribution < -0.4 is 5.23 Å². The molecule has 0 bridgehead atoms. The van der Waals surface area contributed by atoms with Gasteiger partial charge in [-0.2, -0.15) is 5.23 Å². The predicted molar refractivity (Wildman–Crippen MR) is 133 cm³/mol. The highest BCUT2D eigenvalue weighted by Gasteiger charge is 2.33. The van der Waals surface area contributed by atoms with Crippen molar-refractivity contribution in [2.45, 2.75) is 40.2 Å². The molecule has 35 heavy (non-hydrogen) atoms. The average molecular weight is 478 g/mol. The number of allylic oxidation sites excluding steroid dienone is 1. The molecule has 2 aromatic heterocycles. The Morgan fingerprint density at radius 1 is 1.20 bits per heavy atom. The molecule has 0 fully saturated rings. The number of rotatable bonds is 9. The zero-order valence-electron chi connectivity index (χ0n) is 20.9. The molecule has 1 aliphatic carbocycles. The van der Waals surface area contributed by atoms with E-state index < -0.39 is 5.23 Å². The van der Waals surface area contributed by atoms with Crippen molar-refractivity contribution in [3.63, 3.8) is 0 Å². The van der Waals surface area contributed by atoms with Crippen LogP contribution in [0.1, 0.15) is 38.6 Å². The summed E-state index contributed by atoms with van der Waals surface area (Å²) in [7, 11) is 2.18. The summed E-state index contributed by atoms with van der Waals surface area (Å²) in [4.78, 5) is 6.63. The number of hydrogen-bond donors (Lipinski definition) is 2. The average Bonchev–Trinajstić information content (AvgIpc) is 3.30. The lowest BCUT2D eigenvalue weighted by atomic mass is 9.69. The van der Waals surface area contributed by atoms with Crippen LogP contribution in [0, 0.1) is 28.9 Å². The number of nitrogens with one attached hydrogen (secondary N) is 1. The van der Waals surface area contributed by atoms with Gasteiger partial charge in [0.05, 0.1) is 0 Å².